The van der Waals surface area contributed by atoms with Gasteiger partial charge in [-0.25, -0.2) is 0 Å². The molecule has 20 heavy (non-hydrogen) atoms. The average molecular weight is 276 g/mol. The second-order valence-electron chi connectivity index (χ2n) is 5.20. The monoisotopic (exact) mass is 276 g/mol. The second-order valence-corrected chi connectivity index (χ2v) is 5.20. The van der Waals surface area contributed by atoms with Gasteiger partial charge in [0.05, 0.1) is 13.0 Å². The summed E-state index contributed by atoms with van der Waals surface area (Å²) in [6.45, 7) is 5.04. The molecule has 0 aromatic heterocycles. The van der Waals surface area contributed by atoms with Gasteiger partial charge in [0, 0.05) is 26.6 Å². The van der Waals surface area contributed by atoms with Crippen molar-refractivity contribution in [2.45, 2.75) is 20.4 Å². The van der Waals surface area contributed by atoms with Gasteiger partial charge < -0.3 is 15.0 Å². The molecule has 0 spiro atoms. The Morgan fingerprint density at radius 3 is 2.65 bits per heavy atom. The quantitative estimate of drug-likeness (QED) is 0.896. The fourth-order valence-corrected chi connectivity index (χ4v) is 2.28. The van der Waals surface area contributed by atoms with Crippen molar-refractivity contribution in [3.63, 3.8) is 0 Å². The summed E-state index contributed by atoms with van der Waals surface area (Å²) in [6.07, 6.45) is 0. The van der Waals surface area contributed by atoms with E-state index in [-0.39, 0.29) is 17.7 Å². The van der Waals surface area contributed by atoms with Crippen LogP contribution in [0, 0.1) is 12.8 Å². The molecule has 108 valence electrons. The smallest absolute Gasteiger partial charge is 0.226 e. The van der Waals surface area contributed by atoms with E-state index in [1.807, 2.05) is 25.1 Å². The second kappa shape index (κ2) is 5.94. The van der Waals surface area contributed by atoms with Gasteiger partial charge in [-0.15, -0.1) is 0 Å². The van der Waals surface area contributed by atoms with E-state index in [1.165, 1.54) is 6.92 Å². The van der Waals surface area contributed by atoms with Gasteiger partial charge in [-0.1, -0.05) is 6.07 Å². The van der Waals surface area contributed by atoms with Gasteiger partial charge in [0.1, 0.15) is 5.75 Å². The van der Waals surface area contributed by atoms with Gasteiger partial charge >= 0.3 is 0 Å². The van der Waals surface area contributed by atoms with E-state index in [4.69, 9.17) is 4.74 Å². The highest BCUT2D eigenvalue weighted by Gasteiger charge is 2.33. The van der Waals surface area contributed by atoms with Crippen LogP contribution in [0.15, 0.2) is 18.2 Å². The normalized spacial score (nSPS) is 14.7. The van der Waals surface area contributed by atoms with Crippen molar-refractivity contribution in [2.75, 3.05) is 20.2 Å². The van der Waals surface area contributed by atoms with Crippen LogP contribution in [0.2, 0.25) is 0 Å². The number of hydrogen-bond acceptors (Lipinski definition) is 3. The van der Waals surface area contributed by atoms with E-state index in [0.717, 1.165) is 16.9 Å². The summed E-state index contributed by atoms with van der Waals surface area (Å²) in [6, 6.07) is 5.88. The zero-order valence-electron chi connectivity index (χ0n) is 12.1. The molecule has 2 amide bonds. The SMILES string of the molecule is COc1cc(C)cc(CNC(=O)C2CN(C(C)=O)C2)c1. The fourth-order valence-electron chi connectivity index (χ4n) is 2.28. The number of methoxy groups -OCH3 is 1. The maximum atomic E-state index is 11.9. The van der Waals surface area contributed by atoms with Gasteiger partial charge in [0.15, 0.2) is 0 Å². The first kappa shape index (κ1) is 14.4. The molecule has 1 aliphatic heterocycles. The molecular formula is C15H20N2O3. The Balaban J connectivity index is 1.85. The average Bonchev–Trinajstić information content (AvgIpc) is 2.33. The molecule has 0 atom stereocenters. The highest BCUT2D eigenvalue weighted by molar-refractivity contribution is 5.83. The minimum Gasteiger partial charge on any atom is -0.497 e. The van der Waals surface area contributed by atoms with E-state index in [2.05, 4.69) is 5.32 Å². The minimum absolute atomic E-state index is 0.00275. The van der Waals surface area contributed by atoms with Gasteiger partial charge in [-0.2, -0.15) is 0 Å². The Hall–Kier alpha value is -2.04. The van der Waals surface area contributed by atoms with Gasteiger partial charge in [-0.05, 0) is 30.2 Å². The molecule has 1 aliphatic rings. The van der Waals surface area contributed by atoms with Crippen molar-refractivity contribution in [2.24, 2.45) is 5.92 Å². The third kappa shape index (κ3) is 3.29. The van der Waals surface area contributed by atoms with Gasteiger partial charge in [0.2, 0.25) is 11.8 Å². The van der Waals surface area contributed by atoms with Crippen molar-refractivity contribution >= 4 is 11.8 Å². The van der Waals surface area contributed by atoms with E-state index < -0.39 is 0 Å². The van der Waals surface area contributed by atoms with Crippen LogP contribution in [0.1, 0.15) is 18.1 Å². The first-order valence-corrected chi connectivity index (χ1v) is 6.67. The number of likely N-dealkylation sites (tertiary alicyclic amines) is 1. The molecule has 1 aromatic carbocycles. The summed E-state index contributed by atoms with van der Waals surface area (Å²) in [5.74, 6) is 0.742. The number of nitrogens with zero attached hydrogens (tertiary/aromatic N) is 1. The number of carbonyl (C=O) groups is 2. The maximum absolute atomic E-state index is 11.9. The standard InChI is InChI=1S/C15H20N2O3/c1-10-4-12(6-14(5-10)20-3)7-16-15(19)13-8-17(9-13)11(2)18/h4-6,13H,7-9H2,1-3H3,(H,16,19). The predicted octanol–water partition coefficient (Wildman–Crippen LogP) is 1.10. The minimum atomic E-state index is -0.0781. The summed E-state index contributed by atoms with van der Waals surface area (Å²) < 4.78 is 5.21. The number of rotatable bonds is 4. The van der Waals surface area contributed by atoms with Crippen LogP contribution >= 0.6 is 0 Å². The summed E-state index contributed by atoms with van der Waals surface area (Å²) in [5.41, 5.74) is 2.11. The Morgan fingerprint density at radius 1 is 1.35 bits per heavy atom. The highest BCUT2D eigenvalue weighted by atomic mass is 16.5. The lowest BCUT2D eigenvalue weighted by Crippen LogP contribution is -2.55. The van der Waals surface area contributed by atoms with Crippen molar-refractivity contribution < 1.29 is 14.3 Å². The summed E-state index contributed by atoms with van der Waals surface area (Å²) in [4.78, 5) is 24.7. The summed E-state index contributed by atoms with van der Waals surface area (Å²) >= 11 is 0. The van der Waals surface area contributed by atoms with Crippen molar-refractivity contribution in [3.05, 3.63) is 29.3 Å². The zero-order valence-corrected chi connectivity index (χ0v) is 12.1. The maximum Gasteiger partial charge on any atom is 0.226 e. The van der Waals surface area contributed by atoms with Crippen LogP contribution in [0.3, 0.4) is 0 Å². The first-order chi connectivity index (χ1) is 9.49. The Labute approximate surface area is 118 Å². The van der Waals surface area contributed by atoms with E-state index in [1.54, 1.807) is 12.0 Å². The molecule has 2 rings (SSSR count). The number of carbonyl (C=O) groups excluding carboxylic acids is 2. The predicted molar refractivity (Wildman–Crippen MR) is 75.3 cm³/mol. The topological polar surface area (TPSA) is 58.6 Å². The Bertz CT molecular complexity index is 522. The third-order valence-corrected chi connectivity index (χ3v) is 3.51. The van der Waals surface area contributed by atoms with Crippen LogP contribution in [0.25, 0.3) is 0 Å². The number of aryl methyl sites for hydroxylation is 1. The molecule has 1 N–H and O–H groups in total. The molecule has 0 saturated carbocycles. The van der Waals surface area contributed by atoms with Crippen molar-refractivity contribution in [1.29, 1.82) is 0 Å². The first-order valence-electron chi connectivity index (χ1n) is 6.67. The van der Waals surface area contributed by atoms with Crippen LogP contribution in [-0.2, 0) is 16.1 Å². The molecule has 5 heteroatoms. The lowest BCUT2D eigenvalue weighted by atomic mass is 9.99. The van der Waals surface area contributed by atoms with Crippen LogP contribution in [0.5, 0.6) is 5.75 Å². The van der Waals surface area contributed by atoms with E-state index in [0.29, 0.717) is 19.6 Å². The zero-order chi connectivity index (χ0) is 14.7. The molecule has 1 fully saturated rings. The fraction of sp³-hybridized carbons (Fsp3) is 0.467. The summed E-state index contributed by atoms with van der Waals surface area (Å²) in [5, 5.41) is 2.91. The molecule has 0 bridgehead atoms. The van der Waals surface area contributed by atoms with Gasteiger partial charge in [0.25, 0.3) is 0 Å². The molecule has 0 aliphatic carbocycles. The number of amides is 2. The summed E-state index contributed by atoms with van der Waals surface area (Å²) in [7, 11) is 1.63. The molecule has 0 radical (unpaired) electrons. The third-order valence-electron chi connectivity index (χ3n) is 3.51. The number of benzene rings is 1. The lowest BCUT2D eigenvalue weighted by molar-refractivity contribution is -0.141. The van der Waals surface area contributed by atoms with Crippen LogP contribution < -0.4 is 10.1 Å². The lowest BCUT2D eigenvalue weighted by Gasteiger charge is -2.37. The molecular weight excluding hydrogens is 256 g/mol. The molecule has 1 aromatic rings. The van der Waals surface area contributed by atoms with Crippen molar-refractivity contribution in [1.82, 2.24) is 10.2 Å². The number of ether oxygens (including phenoxy) is 1. The van der Waals surface area contributed by atoms with Crippen molar-refractivity contribution in [3.8, 4) is 5.75 Å². The van der Waals surface area contributed by atoms with E-state index in [9.17, 15) is 9.59 Å². The van der Waals surface area contributed by atoms with Gasteiger partial charge in [-0.3, -0.25) is 9.59 Å². The molecule has 0 unspecified atom stereocenters. The largest absolute Gasteiger partial charge is 0.497 e. The van der Waals surface area contributed by atoms with E-state index >= 15 is 0 Å². The molecule has 5 nitrogen and oxygen atoms in total. The van der Waals surface area contributed by atoms with Crippen LogP contribution in [0.4, 0.5) is 0 Å². The van der Waals surface area contributed by atoms with Crippen LogP contribution in [-0.4, -0.2) is 36.9 Å². The Morgan fingerprint density at radius 2 is 2.05 bits per heavy atom. The molecule has 1 saturated heterocycles. The molecule has 1 heterocycles. The Kier molecular flexibility index (Phi) is 4.27. The number of nitrogens with one attached hydrogen (secondary N) is 1. The highest BCUT2D eigenvalue weighted by Crippen LogP contribution is 2.18. The number of hydrogen-bond donors (Lipinski definition) is 1.